The molecule has 1 aromatic carbocycles. The number of hydrogen-bond donors (Lipinski definition) is 2. The van der Waals surface area contributed by atoms with Gasteiger partial charge in [0.25, 0.3) is 0 Å². The molecule has 0 radical (unpaired) electrons. The van der Waals surface area contributed by atoms with E-state index in [9.17, 15) is 4.79 Å². The van der Waals surface area contributed by atoms with Gasteiger partial charge in [0.1, 0.15) is 5.75 Å². The van der Waals surface area contributed by atoms with Gasteiger partial charge in [0.2, 0.25) is 0 Å². The lowest BCUT2D eigenvalue weighted by Crippen LogP contribution is -2.63. The second-order valence-corrected chi connectivity index (χ2v) is 8.20. The van der Waals surface area contributed by atoms with Crippen molar-refractivity contribution < 1.29 is 14.3 Å². The van der Waals surface area contributed by atoms with Gasteiger partial charge in [0, 0.05) is 13.7 Å². The summed E-state index contributed by atoms with van der Waals surface area (Å²) in [7, 11) is 1.83. The lowest BCUT2D eigenvalue weighted by Gasteiger charge is -2.60. The van der Waals surface area contributed by atoms with E-state index >= 15 is 0 Å². The smallest absolute Gasteiger partial charge is 0.319 e. The highest BCUT2D eigenvalue weighted by Gasteiger charge is 2.57. The first-order valence-corrected chi connectivity index (χ1v) is 9.96. The summed E-state index contributed by atoms with van der Waals surface area (Å²) in [6, 6.07) is 7.34. The lowest BCUT2D eigenvalue weighted by molar-refractivity contribution is -0.186. The second kappa shape index (κ2) is 7.10. The number of methoxy groups -OCH3 is 1. The Balaban J connectivity index is 1.41. The number of hydrogen-bond acceptors (Lipinski definition) is 3. The molecule has 5 rings (SSSR count). The van der Waals surface area contributed by atoms with Gasteiger partial charge < -0.3 is 20.1 Å². The van der Waals surface area contributed by atoms with Crippen LogP contribution >= 0.6 is 0 Å². The maximum Gasteiger partial charge on any atom is 0.319 e. The normalized spacial score (nSPS) is 34.5. The van der Waals surface area contributed by atoms with E-state index in [0.717, 1.165) is 11.8 Å². The van der Waals surface area contributed by atoms with Gasteiger partial charge in [-0.05, 0) is 74.8 Å². The molecule has 0 atom stereocenters. The summed E-state index contributed by atoms with van der Waals surface area (Å²) >= 11 is 0. The summed E-state index contributed by atoms with van der Waals surface area (Å²) in [6.45, 7) is 3.09. The van der Waals surface area contributed by atoms with Gasteiger partial charge in [-0.25, -0.2) is 4.79 Å². The molecule has 2 N–H and O–H groups in total. The maximum atomic E-state index is 12.5. The molecular formula is C21H30N2O3. The van der Waals surface area contributed by atoms with E-state index in [1.807, 2.05) is 38.3 Å². The number of urea groups is 1. The third kappa shape index (κ3) is 3.07. The van der Waals surface area contributed by atoms with Crippen molar-refractivity contribution in [2.45, 2.75) is 44.6 Å². The van der Waals surface area contributed by atoms with Crippen LogP contribution in [0, 0.1) is 23.7 Å². The standard InChI is InChI=1S/C21H30N2O3/c1-3-26-19-7-5-4-6-18(19)23-20(24)22-13-21(25-2)16-9-14-8-15(11-16)12-17(21)10-14/h4-7,14-17H,3,8-13H2,1-2H3,(H2,22,23,24). The highest BCUT2D eigenvalue weighted by atomic mass is 16.5. The van der Waals surface area contributed by atoms with E-state index in [1.165, 1.54) is 32.1 Å². The van der Waals surface area contributed by atoms with Gasteiger partial charge in [-0.3, -0.25) is 0 Å². The SMILES string of the molecule is CCOc1ccccc1NC(=O)NCC1(OC)C2CC3CC(C2)CC1C3. The number of amides is 2. The van der Waals surface area contributed by atoms with Crippen molar-refractivity contribution >= 4 is 11.7 Å². The monoisotopic (exact) mass is 358 g/mol. The Morgan fingerprint density at radius 1 is 1.12 bits per heavy atom. The fourth-order valence-corrected chi connectivity index (χ4v) is 5.91. The van der Waals surface area contributed by atoms with Crippen LogP contribution in [0.1, 0.15) is 39.0 Å². The van der Waals surface area contributed by atoms with Crippen LogP contribution in [0.15, 0.2) is 24.3 Å². The first-order chi connectivity index (χ1) is 12.6. The fraction of sp³-hybridized carbons (Fsp3) is 0.667. The molecule has 0 unspecified atom stereocenters. The Kier molecular flexibility index (Phi) is 4.82. The summed E-state index contributed by atoms with van der Waals surface area (Å²) in [5.41, 5.74) is 0.507. The Bertz CT molecular complexity index is 632. The van der Waals surface area contributed by atoms with E-state index in [1.54, 1.807) is 0 Å². The Morgan fingerprint density at radius 3 is 2.38 bits per heavy atom. The summed E-state index contributed by atoms with van der Waals surface area (Å²) in [5, 5.41) is 6.02. The van der Waals surface area contributed by atoms with Gasteiger partial charge in [0.05, 0.1) is 17.9 Å². The predicted molar refractivity (Wildman–Crippen MR) is 101 cm³/mol. The molecule has 4 aliphatic rings. The van der Waals surface area contributed by atoms with Crippen LogP contribution in [0.3, 0.4) is 0 Å². The molecule has 4 saturated carbocycles. The number of benzene rings is 1. The maximum absolute atomic E-state index is 12.5. The fourth-order valence-electron chi connectivity index (χ4n) is 5.91. The van der Waals surface area contributed by atoms with Crippen LogP contribution in [0.25, 0.3) is 0 Å². The average molecular weight is 358 g/mol. The van der Waals surface area contributed by atoms with Crippen molar-refractivity contribution in [2.75, 3.05) is 25.6 Å². The summed E-state index contributed by atoms with van der Waals surface area (Å²) in [6.07, 6.45) is 6.46. The average Bonchev–Trinajstić information content (AvgIpc) is 2.63. The minimum absolute atomic E-state index is 0.190. The minimum Gasteiger partial charge on any atom is -0.492 e. The van der Waals surface area contributed by atoms with Gasteiger partial charge in [0.15, 0.2) is 0 Å². The van der Waals surface area contributed by atoms with Crippen molar-refractivity contribution in [3.63, 3.8) is 0 Å². The van der Waals surface area contributed by atoms with Gasteiger partial charge in [-0.2, -0.15) is 0 Å². The van der Waals surface area contributed by atoms with Crippen molar-refractivity contribution in [3.05, 3.63) is 24.3 Å². The van der Waals surface area contributed by atoms with E-state index < -0.39 is 0 Å². The number of ether oxygens (including phenoxy) is 2. The topological polar surface area (TPSA) is 59.6 Å². The largest absolute Gasteiger partial charge is 0.492 e. The van der Waals surface area contributed by atoms with Crippen molar-refractivity contribution in [1.29, 1.82) is 0 Å². The molecule has 26 heavy (non-hydrogen) atoms. The van der Waals surface area contributed by atoms with Crippen LogP contribution in [0.5, 0.6) is 5.75 Å². The molecule has 4 bridgehead atoms. The predicted octanol–water partition coefficient (Wildman–Crippen LogP) is 4.05. The summed E-state index contributed by atoms with van der Waals surface area (Å²) in [5.74, 6) is 3.63. The molecular weight excluding hydrogens is 328 g/mol. The Hall–Kier alpha value is -1.75. The highest BCUT2D eigenvalue weighted by molar-refractivity contribution is 5.90. The number of nitrogens with one attached hydrogen (secondary N) is 2. The molecule has 142 valence electrons. The minimum atomic E-state index is -0.192. The van der Waals surface area contributed by atoms with Gasteiger partial charge in [-0.1, -0.05) is 12.1 Å². The quantitative estimate of drug-likeness (QED) is 0.806. The summed E-state index contributed by atoms with van der Waals surface area (Å²) in [4.78, 5) is 12.5. The zero-order valence-corrected chi connectivity index (χ0v) is 15.8. The van der Waals surface area contributed by atoms with Crippen LogP contribution < -0.4 is 15.4 Å². The number of carbonyl (C=O) groups is 1. The van der Waals surface area contributed by atoms with Crippen molar-refractivity contribution in [2.24, 2.45) is 23.7 Å². The Labute approximate surface area is 155 Å². The van der Waals surface area contributed by atoms with Crippen LogP contribution in [0.4, 0.5) is 10.5 Å². The number of anilines is 1. The third-order valence-electron chi connectivity index (χ3n) is 6.86. The molecule has 5 nitrogen and oxygen atoms in total. The molecule has 4 aliphatic carbocycles. The van der Waals surface area contributed by atoms with Crippen LogP contribution in [-0.2, 0) is 4.74 Å². The van der Waals surface area contributed by atoms with Crippen molar-refractivity contribution in [1.82, 2.24) is 5.32 Å². The Morgan fingerprint density at radius 2 is 1.77 bits per heavy atom. The molecule has 0 aliphatic heterocycles. The molecule has 5 heteroatoms. The number of rotatable bonds is 6. The number of carbonyl (C=O) groups excluding carboxylic acids is 1. The first-order valence-electron chi connectivity index (χ1n) is 9.96. The zero-order valence-electron chi connectivity index (χ0n) is 15.8. The highest BCUT2D eigenvalue weighted by Crippen LogP contribution is 2.59. The van der Waals surface area contributed by atoms with E-state index in [4.69, 9.17) is 9.47 Å². The van der Waals surface area contributed by atoms with E-state index in [2.05, 4.69) is 10.6 Å². The molecule has 2 amide bonds. The second-order valence-electron chi connectivity index (χ2n) is 8.20. The van der Waals surface area contributed by atoms with Crippen LogP contribution in [0.2, 0.25) is 0 Å². The van der Waals surface area contributed by atoms with Gasteiger partial charge in [-0.15, -0.1) is 0 Å². The van der Waals surface area contributed by atoms with E-state index in [-0.39, 0.29) is 11.6 Å². The lowest BCUT2D eigenvalue weighted by atomic mass is 9.49. The molecule has 0 heterocycles. The first kappa shape index (κ1) is 17.7. The van der Waals surface area contributed by atoms with Crippen molar-refractivity contribution in [3.8, 4) is 5.75 Å². The zero-order chi connectivity index (χ0) is 18.1. The molecule has 0 spiro atoms. The third-order valence-corrected chi connectivity index (χ3v) is 6.86. The van der Waals surface area contributed by atoms with Gasteiger partial charge >= 0.3 is 6.03 Å². The molecule has 1 aromatic rings. The molecule has 0 aromatic heterocycles. The summed E-state index contributed by atoms with van der Waals surface area (Å²) < 4.78 is 11.7. The molecule has 0 saturated heterocycles. The number of para-hydroxylation sites is 2. The molecule has 4 fully saturated rings. The van der Waals surface area contributed by atoms with E-state index in [0.29, 0.717) is 36.4 Å². The van der Waals surface area contributed by atoms with Crippen LogP contribution in [-0.4, -0.2) is 31.9 Å².